The summed E-state index contributed by atoms with van der Waals surface area (Å²) in [6.07, 6.45) is -2.44. The SMILES string of the molecule is COC(=O)C(C)(C)C(c1ccc(C)c(CN2CC3(CCOCC3)Oc3nc(CCC(=O)OC(C)(C)C)ccc3S2(=O)=O)c1)c1ccn2c(C(F)(F)F)nnc2c1C. The number of pyridine rings is 2. The van der Waals surface area contributed by atoms with Crippen molar-refractivity contribution in [1.82, 2.24) is 23.9 Å². The fourth-order valence-electron chi connectivity index (χ4n) is 7.62. The van der Waals surface area contributed by atoms with E-state index in [9.17, 15) is 31.2 Å². The van der Waals surface area contributed by atoms with Gasteiger partial charge in [0.1, 0.15) is 16.1 Å². The predicted molar refractivity (Wildman–Crippen MR) is 201 cm³/mol. The first-order valence-corrected chi connectivity index (χ1v) is 20.1. The summed E-state index contributed by atoms with van der Waals surface area (Å²) in [6, 6.07) is 10.0. The highest BCUT2D eigenvalue weighted by Crippen LogP contribution is 2.45. The van der Waals surface area contributed by atoms with E-state index in [1.807, 2.05) is 25.1 Å². The summed E-state index contributed by atoms with van der Waals surface area (Å²) in [5.74, 6) is -2.95. The van der Waals surface area contributed by atoms with Gasteiger partial charge in [-0.3, -0.25) is 14.0 Å². The Morgan fingerprint density at radius 1 is 1.00 bits per heavy atom. The monoisotopic (exact) mass is 815 g/mol. The van der Waals surface area contributed by atoms with Gasteiger partial charge in [-0.15, -0.1) is 10.2 Å². The van der Waals surface area contributed by atoms with Crippen LogP contribution in [0.15, 0.2) is 47.5 Å². The number of esters is 2. The van der Waals surface area contributed by atoms with Crippen molar-refractivity contribution < 1.29 is 50.1 Å². The van der Waals surface area contributed by atoms with Gasteiger partial charge >= 0.3 is 18.1 Å². The van der Waals surface area contributed by atoms with Crippen LogP contribution in [0.2, 0.25) is 0 Å². The molecule has 57 heavy (non-hydrogen) atoms. The van der Waals surface area contributed by atoms with Crippen molar-refractivity contribution in [3.63, 3.8) is 0 Å². The molecule has 308 valence electrons. The Morgan fingerprint density at radius 3 is 2.35 bits per heavy atom. The van der Waals surface area contributed by atoms with Crippen molar-refractivity contribution in [2.45, 2.75) is 109 Å². The summed E-state index contributed by atoms with van der Waals surface area (Å²) in [5.41, 5.74) is 0.501. The number of aromatic nitrogens is 4. The van der Waals surface area contributed by atoms with Crippen LogP contribution in [0.5, 0.6) is 5.88 Å². The van der Waals surface area contributed by atoms with Crippen LogP contribution in [0.4, 0.5) is 13.2 Å². The minimum atomic E-state index is -4.74. The highest BCUT2D eigenvalue weighted by atomic mass is 32.2. The molecule has 0 bridgehead atoms. The van der Waals surface area contributed by atoms with Crippen molar-refractivity contribution in [2.24, 2.45) is 5.41 Å². The Kier molecular flexibility index (Phi) is 11.3. The quantitative estimate of drug-likeness (QED) is 0.170. The first kappa shape index (κ1) is 42.0. The molecule has 1 fully saturated rings. The van der Waals surface area contributed by atoms with E-state index in [1.165, 1.54) is 29.7 Å². The summed E-state index contributed by atoms with van der Waals surface area (Å²) in [5, 5.41) is 7.26. The number of methoxy groups -OCH3 is 1. The van der Waals surface area contributed by atoms with E-state index in [0.717, 1.165) is 9.96 Å². The molecule has 6 rings (SSSR count). The van der Waals surface area contributed by atoms with E-state index >= 15 is 0 Å². The Bertz CT molecular complexity index is 2300. The van der Waals surface area contributed by atoms with Crippen molar-refractivity contribution in [2.75, 3.05) is 26.9 Å². The van der Waals surface area contributed by atoms with Crippen molar-refractivity contribution in [1.29, 1.82) is 0 Å². The van der Waals surface area contributed by atoms with Gasteiger partial charge in [0, 0.05) is 43.6 Å². The normalized spacial score (nSPS) is 17.7. The molecule has 13 nitrogen and oxygen atoms in total. The van der Waals surface area contributed by atoms with Crippen LogP contribution in [-0.2, 0) is 53.0 Å². The number of nitrogens with zero attached hydrogens (tertiary/aromatic N) is 5. The summed E-state index contributed by atoms with van der Waals surface area (Å²) in [6.45, 7) is 12.8. The van der Waals surface area contributed by atoms with Gasteiger partial charge < -0.3 is 18.9 Å². The number of ether oxygens (including phenoxy) is 4. The number of fused-ring (bicyclic) bond motifs is 2. The number of carbonyl (C=O) groups excluding carboxylic acids is 2. The number of sulfonamides is 1. The highest BCUT2D eigenvalue weighted by Gasteiger charge is 2.47. The second kappa shape index (κ2) is 15.3. The lowest BCUT2D eigenvalue weighted by atomic mass is 9.70. The van der Waals surface area contributed by atoms with Crippen LogP contribution in [0.1, 0.15) is 99.1 Å². The zero-order valence-corrected chi connectivity index (χ0v) is 34.1. The largest absolute Gasteiger partial charge is 0.469 e. The Morgan fingerprint density at radius 2 is 1.70 bits per heavy atom. The summed E-state index contributed by atoms with van der Waals surface area (Å²) in [4.78, 5) is 30.4. The molecule has 1 unspecified atom stereocenters. The number of hydrogen-bond donors (Lipinski definition) is 0. The number of benzene rings is 1. The molecule has 0 saturated carbocycles. The van der Waals surface area contributed by atoms with Gasteiger partial charge in [0.05, 0.1) is 38.7 Å². The van der Waals surface area contributed by atoms with Crippen molar-refractivity contribution in [3.05, 3.63) is 81.9 Å². The average Bonchev–Trinajstić information content (AvgIpc) is 3.55. The summed E-state index contributed by atoms with van der Waals surface area (Å²) in [7, 11) is -2.96. The smallest absolute Gasteiger partial charge is 0.452 e. The van der Waals surface area contributed by atoms with Crippen molar-refractivity contribution in [3.8, 4) is 5.88 Å². The molecule has 2 aliphatic rings. The van der Waals surface area contributed by atoms with Gasteiger partial charge in [-0.05, 0) is 94.5 Å². The van der Waals surface area contributed by atoms with Gasteiger partial charge in [-0.25, -0.2) is 13.4 Å². The number of hydrogen-bond acceptors (Lipinski definition) is 11. The molecule has 0 radical (unpaired) electrons. The molecule has 1 spiro atoms. The van der Waals surface area contributed by atoms with Crippen LogP contribution in [0.25, 0.3) is 5.65 Å². The summed E-state index contributed by atoms with van der Waals surface area (Å²) >= 11 is 0. The molecule has 2 aliphatic heterocycles. The van der Waals surface area contributed by atoms with E-state index in [0.29, 0.717) is 54.0 Å². The molecule has 1 saturated heterocycles. The fraction of sp³-hybridized carbons (Fsp3) is 0.525. The number of rotatable bonds is 9. The standard InChI is InChI=1S/C40H48F3N5O8S/c1-24-9-10-26(32(38(6,7)36(50)53-8)29-15-18-48-33(25(29)2)45-46-35(48)40(41,42)43)21-27(24)22-47-23-39(16-19-54-20-17-39)56-34-30(57(47,51)52)13-11-28(44-34)12-14-31(49)55-37(3,4)5/h9-11,13,15,18,21,32H,12,14,16-17,19-20,22-23H2,1-8H3. The van der Waals surface area contributed by atoms with Gasteiger partial charge in [0.25, 0.3) is 0 Å². The molecule has 0 aliphatic carbocycles. The number of aryl methyl sites for hydroxylation is 3. The molecule has 5 heterocycles. The maximum atomic E-state index is 14.6. The number of carbonyl (C=O) groups is 2. The Balaban J connectivity index is 1.40. The third kappa shape index (κ3) is 8.51. The molecule has 0 N–H and O–H groups in total. The lowest BCUT2D eigenvalue weighted by Crippen LogP contribution is -2.50. The lowest BCUT2D eigenvalue weighted by Gasteiger charge is -2.38. The molecule has 1 atom stereocenters. The van der Waals surface area contributed by atoms with Crippen LogP contribution in [0, 0.1) is 19.3 Å². The van der Waals surface area contributed by atoms with Gasteiger partial charge in [0.15, 0.2) is 5.65 Å². The topological polar surface area (TPSA) is 152 Å². The number of halogens is 3. The van der Waals surface area contributed by atoms with E-state index in [-0.39, 0.29) is 42.4 Å². The van der Waals surface area contributed by atoms with Crippen LogP contribution >= 0.6 is 0 Å². The molecular weight excluding hydrogens is 768 g/mol. The molecule has 3 aromatic heterocycles. The van der Waals surface area contributed by atoms with Gasteiger partial charge in [-0.2, -0.15) is 17.5 Å². The third-order valence-corrected chi connectivity index (χ3v) is 12.4. The second-order valence-corrected chi connectivity index (χ2v) is 18.2. The molecule has 1 aromatic carbocycles. The van der Waals surface area contributed by atoms with Crippen LogP contribution in [0.3, 0.4) is 0 Å². The average molecular weight is 816 g/mol. The minimum Gasteiger partial charge on any atom is -0.469 e. The fourth-order valence-corrected chi connectivity index (χ4v) is 9.17. The number of alkyl halides is 3. The van der Waals surface area contributed by atoms with Crippen molar-refractivity contribution >= 4 is 27.6 Å². The molecule has 17 heteroatoms. The maximum absolute atomic E-state index is 14.6. The molecular formula is C40H48F3N5O8S. The van der Waals surface area contributed by atoms with Gasteiger partial charge in [0.2, 0.25) is 21.7 Å². The minimum absolute atomic E-state index is 0.00670. The zero-order chi connectivity index (χ0) is 41.7. The zero-order valence-electron chi connectivity index (χ0n) is 33.3. The first-order chi connectivity index (χ1) is 26.6. The summed E-state index contributed by atoms with van der Waals surface area (Å²) < 4.78 is 95.6. The molecule has 0 amide bonds. The molecule has 4 aromatic rings. The van der Waals surface area contributed by atoms with Gasteiger partial charge in [-0.1, -0.05) is 18.2 Å². The predicted octanol–water partition coefficient (Wildman–Crippen LogP) is 6.50. The maximum Gasteiger partial charge on any atom is 0.452 e. The van der Waals surface area contributed by atoms with E-state index in [4.69, 9.17) is 18.9 Å². The Hall–Kier alpha value is -4.61. The first-order valence-electron chi connectivity index (χ1n) is 18.6. The third-order valence-electron chi connectivity index (χ3n) is 10.6. The van der Waals surface area contributed by atoms with Crippen LogP contribution < -0.4 is 4.74 Å². The second-order valence-electron chi connectivity index (χ2n) is 16.3. The van der Waals surface area contributed by atoms with E-state index in [2.05, 4.69) is 15.2 Å². The highest BCUT2D eigenvalue weighted by molar-refractivity contribution is 7.89. The Labute approximate surface area is 329 Å². The van der Waals surface area contributed by atoms with E-state index in [1.54, 1.807) is 47.6 Å². The lowest BCUT2D eigenvalue weighted by molar-refractivity contribution is -0.155. The van der Waals surface area contributed by atoms with E-state index < -0.39 is 56.5 Å². The van der Waals surface area contributed by atoms with Crippen LogP contribution in [-0.4, -0.2) is 82.3 Å².